The second-order valence-corrected chi connectivity index (χ2v) is 19.4. The molecule has 0 amide bonds. The number of unbranched alkanes of at least 4 members (excludes halogenated alkanes) is 2. The average molecular weight is 642 g/mol. The molecule has 2 heterocycles. The normalized spacial score (nSPS) is 31.8. The van der Waals surface area contributed by atoms with E-state index in [4.69, 9.17) is 29.8 Å². The van der Waals surface area contributed by atoms with Gasteiger partial charge in [0, 0.05) is 19.1 Å². The molecular weight excluding hydrogens is 584 g/mol. The Bertz CT molecular complexity index is 794. The molecular formula is C33H57BrO5Si. The highest BCUT2D eigenvalue weighted by Gasteiger charge is 2.49. The van der Waals surface area contributed by atoms with Crippen LogP contribution in [0.1, 0.15) is 105 Å². The zero-order chi connectivity index (χ0) is 29.2. The Labute approximate surface area is 255 Å². The minimum atomic E-state index is -2.00. The van der Waals surface area contributed by atoms with Gasteiger partial charge in [-0.1, -0.05) is 81.0 Å². The molecule has 0 N–H and O–H groups in total. The van der Waals surface area contributed by atoms with Gasteiger partial charge < -0.3 is 23.4 Å². The predicted octanol–water partition coefficient (Wildman–Crippen LogP) is 8.76. The van der Waals surface area contributed by atoms with Crippen LogP contribution in [0.2, 0.25) is 18.1 Å². The number of hydrogen-bond acceptors (Lipinski definition) is 5. The van der Waals surface area contributed by atoms with Gasteiger partial charge in [0.2, 0.25) is 0 Å². The molecule has 3 fully saturated rings. The highest BCUT2D eigenvalue weighted by atomic mass is 79.9. The summed E-state index contributed by atoms with van der Waals surface area (Å²) in [4.78, 5) is -0.00386. The first-order valence-electron chi connectivity index (χ1n) is 16.0. The fourth-order valence-electron chi connectivity index (χ4n) is 5.89. The van der Waals surface area contributed by atoms with E-state index in [1.54, 1.807) is 0 Å². The van der Waals surface area contributed by atoms with Gasteiger partial charge in [0.1, 0.15) is 0 Å². The summed E-state index contributed by atoms with van der Waals surface area (Å²) in [6.07, 6.45) is 23.3. The van der Waals surface area contributed by atoms with E-state index in [0.717, 1.165) is 71.0 Å². The van der Waals surface area contributed by atoms with Crippen molar-refractivity contribution in [1.29, 1.82) is 0 Å². The number of ether oxygens (including phenoxy) is 4. The highest BCUT2D eigenvalue weighted by Crippen LogP contribution is 2.46. The minimum Gasteiger partial charge on any atom is -0.414 e. The van der Waals surface area contributed by atoms with Crippen LogP contribution in [0.3, 0.4) is 0 Å². The van der Waals surface area contributed by atoms with Gasteiger partial charge in [0.05, 0.1) is 23.1 Å². The predicted molar refractivity (Wildman–Crippen MR) is 170 cm³/mol. The van der Waals surface area contributed by atoms with Crippen molar-refractivity contribution < 1.29 is 23.4 Å². The van der Waals surface area contributed by atoms with E-state index in [0.29, 0.717) is 0 Å². The number of alkyl halides is 1. The van der Waals surface area contributed by atoms with Crippen molar-refractivity contribution >= 4 is 24.2 Å². The third-order valence-corrected chi connectivity index (χ3v) is 14.5. The SMILES string of the molecule is C#CC(Br)CC1C(O[Si](C)(C)C(C)(C)C)CC(OC2CCCCO2)C1C=CC(CCCCC)OC1CCCCO1. The van der Waals surface area contributed by atoms with Gasteiger partial charge >= 0.3 is 0 Å². The molecule has 0 aromatic rings. The lowest BCUT2D eigenvalue weighted by Crippen LogP contribution is -2.45. The Kier molecular flexibility index (Phi) is 14.2. The Morgan fingerprint density at radius 2 is 1.70 bits per heavy atom. The zero-order valence-electron chi connectivity index (χ0n) is 26.2. The summed E-state index contributed by atoms with van der Waals surface area (Å²) in [5.74, 6) is 3.35. The van der Waals surface area contributed by atoms with E-state index < -0.39 is 8.32 Å². The molecule has 230 valence electrons. The monoisotopic (exact) mass is 640 g/mol. The molecule has 0 spiro atoms. The van der Waals surface area contributed by atoms with Crippen molar-refractivity contribution in [2.75, 3.05) is 13.2 Å². The van der Waals surface area contributed by atoms with E-state index in [1.807, 2.05) is 0 Å². The lowest BCUT2D eigenvalue weighted by molar-refractivity contribution is -0.193. The molecule has 3 aliphatic rings. The first-order chi connectivity index (χ1) is 19.0. The van der Waals surface area contributed by atoms with Gasteiger partial charge in [-0.15, -0.1) is 6.42 Å². The maximum absolute atomic E-state index is 7.12. The third kappa shape index (κ3) is 10.5. The Hall–Kier alpha value is -0.203. The second kappa shape index (κ2) is 16.6. The molecule has 0 radical (unpaired) electrons. The van der Waals surface area contributed by atoms with E-state index in [1.165, 1.54) is 19.3 Å². The van der Waals surface area contributed by atoms with Crippen LogP contribution in [0, 0.1) is 24.2 Å². The molecule has 2 aliphatic heterocycles. The van der Waals surface area contributed by atoms with Crippen LogP contribution < -0.4 is 0 Å². The first kappa shape index (κ1) is 34.3. The lowest BCUT2D eigenvalue weighted by atomic mass is 9.88. The van der Waals surface area contributed by atoms with Crippen molar-refractivity contribution in [2.24, 2.45) is 11.8 Å². The molecule has 8 unspecified atom stereocenters. The maximum Gasteiger partial charge on any atom is 0.192 e. The van der Waals surface area contributed by atoms with Gasteiger partial charge in [0.25, 0.3) is 0 Å². The molecule has 8 atom stereocenters. The molecule has 40 heavy (non-hydrogen) atoms. The van der Waals surface area contributed by atoms with Crippen LogP contribution in [0.25, 0.3) is 0 Å². The number of rotatable bonds is 14. The Morgan fingerprint density at radius 3 is 2.27 bits per heavy atom. The molecule has 0 aromatic heterocycles. The average Bonchev–Trinajstić information content (AvgIpc) is 3.21. The molecule has 7 heteroatoms. The van der Waals surface area contributed by atoms with Crippen LogP contribution in [-0.2, 0) is 23.4 Å². The second-order valence-electron chi connectivity index (χ2n) is 13.6. The summed E-state index contributed by atoms with van der Waals surface area (Å²) in [6, 6.07) is 0. The van der Waals surface area contributed by atoms with E-state index in [9.17, 15) is 0 Å². The summed E-state index contributed by atoms with van der Waals surface area (Å²) < 4.78 is 32.4. The Balaban J connectivity index is 1.87. The van der Waals surface area contributed by atoms with Crippen LogP contribution in [0.4, 0.5) is 0 Å². The molecule has 0 aromatic carbocycles. The van der Waals surface area contributed by atoms with Crippen molar-refractivity contribution in [3.05, 3.63) is 12.2 Å². The van der Waals surface area contributed by atoms with E-state index in [2.05, 4.69) is 74.8 Å². The van der Waals surface area contributed by atoms with Gasteiger partial charge in [-0.05, 0) is 81.8 Å². The molecule has 3 rings (SSSR count). The van der Waals surface area contributed by atoms with Crippen LogP contribution >= 0.6 is 15.9 Å². The summed E-state index contributed by atoms with van der Waals surface area (Å²) in [6.45, 7) is 15.5. The van der Waals surface area contributed by atoms with Gasteiger partial charge in [-0.3, -0.25) is 0 Å². The maximum atomic E-state index is 7.12. The lowest BCUT2D eigenvalue weighted by Gasteiger charge is -2.40. The summed E-state index contributed by atoms with van der Waals surface area (Å²) in [5.41, 5.74) is 0. The molecule has 1 saturated carbocycles. The van der Waals surface area contributed by atoms with Crippen molar-refractivity contribution in [2.45, 2.75) is 159 Å². The summed E-state index contributed by atoms with van der Waals surface area (Å²) >= 11 is 3.76. The zero-order valence-corrected chi connectivity index (χ0v) is 28.8. The summed E-state index contributed by atoms with van der Waals surface area (Å²) in [7, 11) is -2.00. The van der Waals surface area contributed by atoms with Crippen LogP contribution in [0.5, 0.6) is 0 Å². The fourth-order valence-corrected chi connectivity index (χ4v) is 7.70. The van der Waals surface area contributed by atoms with Gasteiger partial charge in [0.15, 0.2) is 20.9 Å². The quantitative estimate of drug-likeness (QED) is 0.0624. The molecule has 0 bridgehead atoms. The highest BCUT2D eigenvalue weighted by molar-refractivity contribution is 9.09. The minimum absolute atomic E-state index is 0.00386. The number of terminal acetylenes is 1. The molecule has 2 saturated heterocycles. The Morgan fingerprint density at radius 1 is 1.02 bits per heavy atom. The van der Waals surface area contributed by atoms with E-state index >= 15 is 0 Å². The van der Waals surface area contributed by atoms with Crippen molar-refractivity contribution in [3.8, 4) is 12.3 Å². The fraction of sp³-hybridized carbons (Fsp3) is 0.879. The molecule has 5 nitrogen and oxygen atoms in total. The van der Waals surface area contributed by atoms with Crippen molar-refractivity contribution in [3.63, 3.8) is 0 Å². The van der Waals surface area contributed by atoms with E-state index in [-0.39, 0.29) is 52.6 Å². The van der Waals surface area contributed by atoms with Gasteiger partial charge in [-0.25, -0.2) is 0 Å². The topological polar surface area (TPSA) is 46.2 Å². The molecule has 1 aliphatic carbocycles. The summed E-state index contributed by atoms with van der Waals surface area (Å²) in [5, 5.41) is 0.131. The number of halogens is 1. The number of hydrogen-bond donors (Lipinski definition) is 0. The smallest absolute Gasteiger partial charge is 0.192 e. The van der Waals surface area contributed by atoms with Crippen LogP contribution in [-0.4, -0.2) is 57.3 Å². The third-order valence-electron chi connectivity index (χ3n) is 9.35. The first-order valence-corrected chi connectivity index (χ1v) is 19.9. The van der Waals surface area contributed by atoms with Crippen molar-refractivity contribution in [1.82, 2.24) is 0 Å². The largest absolute Gasteiger partial charge is 0.414 e. The van der Waals surface area contributed by atoms with Gasteiger partial charge in [-0.2, -0.15) is 0 Å². The standard InChI is InChI=1S/C33H57BrO5Si/c1-8-10-11-16-26(37-31-17-12-14-21-35-31)19-20-27-28(23-25(34)9-2)30(39-40(6,7)33(3,4)5)24-29(27)38-32-18-13-15-22-36-32/h2,19-20,25-32H,8,10-18,21-24H2,1,3-7H3. The van der Waals surface area contributed by atoms with Crippen LogP contribution in [0.15, 0.2) is 12.2 Å².